The van der Waals surface area contributed by atoms with E-state index in [0.717, 1.165) is 22.4 Å². The number of nitrogens with one attached hydrogen (secondary N) is 1. The van der Waals surface area contributed by atoms with E-state index in [1.165, 1.54) is 0 Å². The van der Waals surface area contributed by atoms with Gasteiger partial charge in [-0.1, -0.05) is 42.0 Å². The van der Waals surface area contributed by atoms with Crippen molar-refractivity contribution >= 4 is 11.8 Å². The number of ether oxygens (including phenoxy) is 1. The van der Waals surface area contributed by atoms with Crippen molar-refractivity contribution in [3.05, 3.63) is 65.2 Å². The number of likely N-dealkylation sites (N-methyl/N-ethyl adjacent to an activating group) is 1. The quantitative estimate of drug-likeness (QED) is 0.779. The molecule has 144 valence electrons. The van der Waals surface area contributed by atoms with Gasteiger partial charge in [0.25, 0.3) is 0 Å². The average molecular weight is 368 g/mol. The van der Waals surface area contributed by atoms with Crippen molar-refractivity contribution in [2.75, 3.05) is 13.7 Å². The minimum Gasteiger partial charge on any atom is -0.497 e. The number of carbonyl (C=O) groups is 2. The molecule has 1 N–H and O–H groups in total. The lowest BCUT2D eigenvalue weighted by molar-refractivity contribution is -0.140. The van der Waals surface area contributed by atoms with Gasteiger partial charge in [-0.05, 0) is 44.0 Å². The second-order valence-electron chi connectivity index (χ2n) is 6.61. The summed E-state index contributed by atoms with van der Waals surface area (Å²) in [6.45, 7) is 6.59. The zero-order valence-corrected chi connectivity index (χ0v) is 16.5. The molecule has 0 radical (unpaired) electrons. The molecule has 27 heavy (non-hydrogen) atoms. The fourth-order valence-corrected chi connectivity index (χ4v) is 2.93. The van der Waals surface area contributed by atoms with Gasteiger partial charge in [-0.15, -0.1) is 0 Å². The molecule has 0 aliphatic heterocycles. The number of hydrogen-bond acceptors (Lipinski definition) is 3. The first-order chi connectivity index (χ1) is 12.9. The number of nitrogens with zero attached hydrogens (tertiary/aromatic N) is 1. The van der Waals surface area contributed by atoms with E-state index in [1.807, 2.05) is 62.4 Å². The Morgan fingerprint density at radius 3 is 2.41 bits per heavy atom. The predicted molar refractivity (Wildman–Crippen MR) is 107 cm³/mol. The van der Waals surface area contributed by atoms with E-state index in [9.17, 15) is 9.59 Å². The maximum absolute atomic E-state index is 13.0. The summed E-state index contributed by atoms with van der Waals surface area (Å²) >= 11 is 0. The molecular formula is C22H28N2O3. The van der Waals surface area contributed by atoms with Crippen molar-refractivity contribution < 1.29 is 14.3 Å². The molecule has 0 aromatic heterocycles. The first-order valence-corrected chi connectivity index (χ1v) is 9.20. The lowest BCUT2D eigenvalue weighted by Gasteiger charge is -2.29. The highest BCUT2D eigenvalue weighted by molar-refractivity contribution is 5.88. The van der Waals surface area contributed by atoms with Crippen molar-refractivity contribution in [2.45, 2.75) is 39.8 Å². The van der Waals surface area contributed by atoms with Crippen LogP contribution in [0.5, 0.6) is 5.75 Å². The van der Waals surface area contributed by atoms with Gasteiger partial charge in [0.1, 0.15) is 11.8 Å². The SMILES string of the molecule is CCNC(=O)C(C)N(Cc1cccc(C)c1)C(=O)Cc1ccc(OC)cc1. The van der Waals surface area contributed by atoms with Crippen LogP contribution in [0, 0.1) is 6.92 Å². The molecule has 0 spiro atoms. The summed E-state index contributed by atoms with van der Waals surface area (Å²) in [5, 5.41) is 2.81. The van der Waals surface area contributed by atoms with E-state index in [1.54, 1.807) is 18.9 Å². The van der Waals surface area contributed by atoms with Crippen LogP contribution in [-0.2, 0) is 22.6 Å². The van der Waals surface area contributed by atoms with Crippen LogP contribution in [0.4, 0.5) is 0 Å². The third-order valence-electron chi connectivity index (χ3n) is 4.47. The molecule has 5 heteroatoms. The van der Waals surface area contributed by atoms with Crippen LogP contribution in [-0.4, -0.2) is 36.4 Å². The fraction of sp³-hybridized carbons (Fsp3) is 0.364. The van der Waals surface area contributed by atoms with E-state index in [-0.39, 0.29) is 18.2 Å². The zero-order chi connectivity index (χ0) is 19.8. The molecule has 2 amide bonds. The topological polar surface area (TPSA) is 58.6 Å². The Bertz CT molecular complexity index is 771. The summed E-state index contributed by atoms with van der Waals surface area (Å²) < 4.78 is 5.16. The molecule has 0 fully saturated rings. The molecule has 1 atom stereocenters. The van der Waals surface area contributed by atoms with Gasteiger partial charge in [-0.25, -0.2) is 0 Å². The molecule has 0 bridgehead atoms. The fourth-order valence-electron chi connectivity index (χ4n) is 2.93. The molecule has 1 unspecified atom stereocenters. The summed E-state index contributed by atoms with van der Waals surface area (Å²) in [6.07, 6.45) is 0.236. The first-order valence-electron chi connectivity index (χ1n) is 9.20. The Balaban J connectivity index is 2.20. The number of hydrogen-bond donors (Lipinski definition) is 1. The molecule has 2 rings (SSSR count). The van der Waals surface area contributed by atoms with E-state index < -0.39 is 6.04 Å². The van der Waals surface area contributed by atoms with E-state index in [4.69, 9.17) is 4.74 Å². The Hall–Kier alpha value is -2.82. The highest BCUT2D eigenvalue weighted by Crippen LogP contribution is 2.16. The molecule has 0 aliphatic carbocycles. The van der Waals surface area contributed by atoms with Gasteiger partial charge in [0.05, 0.1) is 13.5 Å². The Morgan fingerprint density at radius 1 is 1.11 bits per heavy atom. The molecule has 0 saturated carbocycles. The number of rotatable bonds is 8. The largest absolute Gasteiger partial charge is 0.497 e. The second kappa shape index (κ2) is 9.76. The van der Waals surface area contributed by atoms with Gasteiger partial charge in [0, 0.05) is 13.1 Å². The second-order valence-corrected chi connectivity index (χ2v) is 6.61. The molecule has 2 aromatic rings. The number of aryl methyl sites for hydroxylation is 1. The summed E-state index contributed by atoms with van der Waals surface area (Å²) in [5.41, 5.74) is 3.02. The van der Waals surface area contributed by atoms with Gasteiger partial charge in [-0.2, -0.15) is 0 Å². The van der Waals surface area contributed by atoms with Gasteiger partial charge in [0.15, 0.2) is 0 Å². The monoisotopic (exact) mass is 368 g/mol. The number of methoxy groups -OCH3 is 1. The number of carbonyl (C=O) groups excluding carboxylic acids is 2. The van der Waals surface area contributed by atoms with E-state index in [2.05, 4.69) is 5.32 Å². The van der Waals surface area contributed by atoms with Crippen LogP contribution >= 0.6 is 0 Å². The zero-order valence-electron chi connectivity index (χ0n) is 16.5. The molecule has 0 saturated heterocycles. The Labute approximate surface area is 161 Å². The maximum Gasteiger partial charge on any atom is 0.242 e. The molecule has 5 nitrogen and oxygen atoms in total. The van der Waals surface area contributed by atoms with Crippen molar-refractivity contribution in [3.63, 3.8) is 0 Å². The van der Waals surface area contributed by atoms with Gasteiger partial charge >= 0.3 is 0 Å². The standard InChI is InChI=1S/C22H28N2O3/c1-5-23-22(26)17(3)24(15-19-8-6-7-16(2)13-19)21(25)14-18-9-11-20(27-4)12-10-18/h6-13,17H,5,14-15H2,1-4H3,(H,23,26). The average Bonchev–Trinajstić information content (AvgIpc) is 2.66. The normalized spacial score (nSPS) is 11.6. The lowest BCUT2D eigenvalue weighted by atomic mass is 10.1. The van der Waals surface area contributed by atoms with Gasteiger partial charge in [0.2, 0.25) is 11.8 Å². The molecule has 0 aliphatic rings. The summed E-state index contributed by atoms with van der Waals surface area (Å²) in [4.78, 5) is 27.0. The predicted octanol–water partition coefficient (Wildman–Crippen LogP) is 3.10. The third kappa shape index (κ3) is 5.84. The lowest BCUT2D eigenvalue weighted by Crippen LogP contribution is -2.48. The van der Waals surface area contributed by atoms with Crippen molar-refractivity contribution in [3.8, 4) is 5.75 Å². The first kappa shape index (κ1) is 20.5. The van der Waals surface area contributed by atoms with Crippen LogP contribution in [0.1, 0.15) is 30.5 Å². The summed E-state index contributed by atoms with van der Waals surface area (Å²) in [5.74, 6) is 0.521. The van der Waals surface area contributed by atoms with Crippen LogP contribution in [0.25, 0.3) is 0 Å². The Morgan fingerprint density at radius 2 is 1.81 bits per heavy atom. The summed E-state index contributed by atoms with van der Waals surface area (Å²) in [6, 6.07) is 14.9. The van der Waals surface area contributed by atoms with Crippen LogP contribution in [0.2, 0.25) is 0 Å². The maximum atomic E-state index is 13.0. The number of amides is 2. The smallest absolute Gasteiger partial charge is 0.242 e. The van der Waals surface area contributed by atoms with Gasteiger partial charge < -0.3 is 15.0 Å². The van der Waals surface area contributed by atoms with Gasteiger partial charge in [-0.3, -0.25) is 9.59 Å². The molecule has 2 aromatic carbocycles. The number of benzene rings is 2. The molecule has 0 heterocycles. The molecular weight excluding hydrogens is 340 g/mol. The van der Waals surface area contributed by atoms with E-state index in [0.29, 0.717) is 13.1 Å². The highest BCUT2D eigenvalue weighted by Gasteiger charge is 2.25. The highest BCUT2D eigenvalue weighted by atomic mass is 16.5. The van der Waals surface area contributed by atoms with Crippen LogP contribution in [0.3, 0.4) is 0 Å². The van der Waals surface area contributed by atoms with Crippen molar-refractivity contribution in [1.82, 2.24) is 10.2 Å². The summed E-state index contributed by atoms with van der Waals surface area (Å²) in [7, 11) is 1.61. The van der Waals surface area contributed by atoms with Crippen molar-refractivity contribution in [1.29, 1.82) is 0 Å². The minimum atomic E-state index is -0.545. The minimum absolute atomic E-state index is 0.0829. The van der Waals surface area contributed by atoms with Crippen molar-refractivity contribution in [2.24, 2.45) is 0 Å². The Kier molecular flexibility index (Phi) is 7.41. The van der Waals surface area contributed by atoms with Crippen LogP contribution in [0.15, 0.2) is 48.5 Å². The van der Waals surface area contributed by atoms with E-state index >= 15 is 0 Å². The third-order valence-corrected chi connectivity index (χ3v) is 4.47. The van der Waals surface area contributed by atoms with Crippen LogP contribution < -0.4 is 10.1 Å².